The van der Waals surface area contributed by atoms with Crippen molar-refractivity contribution in [1.82, 2.24) is 0 Å². The van der Waals surface area contributed by atoms with Gasteiger partial charge in [0, 0.05) is 18.8 Å². The molecule has 4 heteroatoms. The molecule has 18 heavy (non-hydrogen) atoms. The van der Waals surface area contributed by atoms with E-state index in [0.717, 1.165) is 20.4 Å². The Hall–Kier alpha value is 0.170. The average Bonchev–Trinajstić information content (AvgIpc) is 2.35. The lowest BCUT2D eigenvalue weighted by atomic mass is 10.0. The summed E-state index contributed by atoms with van der Waals surface area (Å²) in [5.41, 5.74) is 2.46. The highest BCUT2D eigenvalue weighted by atomic mass is 79.9. The summed E-state index contributed by atoms with van der Waals surface area (Å²) in [6.07, 6.45) is 0.923. The Morgan fingerprint density at radius 1 is 1.00 bits per heavy atom. The van der Waals surface area contributed by atoms with Crippen LogP contribution >= 0.6 is 59.4 Å². The first-order valence-electron chi connectivity index (χ1n) is 5.40. The van der Waals surface area contributed by atoms with Crippen molar-refractivity contribution in [2.45, 2.75) is 11.2 Å². The SMILES string of the molecule is Clc1ccc(Br)c(C(Br)Cc2ccc(Br)cc2)c1. The Bertz CT molecular complexity index is 537. The van der Waals surface area contributed by atoms with Gasteiger partial charge in [0.05, 0.1) is 0 Å². The van der Waals surface area contributed by atoms with Crippen molar-refractivity contribution in [2.24, 2.45) is 0 Å². The van der Waals surface area contributed by atoms with Gasteiger partial charge in [0.2, 0.25) is 0 Å². The maximum absolute atomic E-state index is 6.04. The van der Waals surface area contributed by atoms with Gasteiger partial charge in [0.1, 0.15) is 0 Å². The molecule has 2 aromatic rings. The summed E-state index contributed by atoms with van der Waals surface area (Å²) in [4.78, 5) is 0.242. The predicted octanol–water partition coefficient (Wildman–Crippen LogP) is 6.54. The van der Waals surface area contributed by atoms with Crippen molar-refractivity contribution in [3.05, 3.63) is 67.6 Å². The van der Waals surface area contributed by atoms with Crippen LogP contribution in [-0.4, -0.2) is 0 Å². The van der Waals surface area contributed by atoms with E-state index in [-0.39, 0.29) is 4.83 Å². The third kappa shape index (κ3) is 3.83. The lowest BCUT2D eigenvalue weighted by Crippen LogP contribution is -1.96. The van der Waals surface area contributed by atoms with Crippen molar-refractivity contribution >= 4 is 59.4 Å². The van der Waals surface area contributed by atoms with Gasteiger partial charge in [0.15, 0.2) is 0 Å². The van der Waals surface area contributed by atoms with Crippen LogP contribution in [0.5, 0.6) is 0 Å². The number of benzene rings is 2. The lowest BCUT2D eigenvalue weighted by Gasteiger charge is -2.13. The fourth-order valence-corrected chi connectivity index (χ4v) is 3.72. The number of halogens is 4. The third-order valence-electron chi connectivity index (χ3n) is 2.62. The summed E-state index contributed by atoms with van der Waals surface area (Å²) in [6.45, 7) is 0. The molecule has 0 amide bonds. The minimum absolute atomic E-state index is 0.242. The summed E-state index contributed by atoms with van der Waals surface area (Å²) < 4.78 is 2.17. The smallest absolute Gasteiger partial charge is 0.0447 e. The summed E-state index contributed by atoms with van der Waals surface area (Å²) >= 11 is 16.8. The molecule has 2 aromatic carbocycles. The van der Waals surface area contributed by atoms with E-state index < -0.39 is 0 Å². The first-order valence-corrected chi connectivity index (χ1v) is 8.27. The summed E-state index contributed by atoms with van der Waals surface area (Å²) in [5, 5.41) is 0.758. The van der Waals surface area contributed by atoms with Gasteiger partial charge in [-0.3, -0.25) is 0 Å². The number of hydrogen-bond acceptors (Lipinski definition) is 0. The molecule has 0 heterocycles. The van der Waals surface area contributed by atoms with Crippen molar-refractivity contribution < 1.29 is 0 Å². The van der Waals surface area contributed by atoms with Gasteiger partial charge in [-0.1, -0.05) is 71.5 Å². The number of rotatable bonds is 3. The minimum Gasteiger partial charge on any atom is -0.0843 e. The molecule has 0 saturated carbocycles. The van der Waals surface area contributed by atoms with Crippen LogP contribution in [0.25, 0.3) is 0 Å². The predicted molar refractivity (Wildman–Crippen MR) is 88.7 cm³/mol. The molecule has 0 saturated heterocycles. The fourth-order valence-electron chi connectivity index (χ4n) is 1.69. The van der Waals surface area contributed by atoms with Gasteiger partial charge < -0.3 is 0 Å². The van der Waals surface area contributed by atoms with Crippen LogP contribution < -0.4 is 0 Å². The summed E-state index contributed by atoms with van der Waals surface area (Å²) in [6, 6.07) is 14.2. The van der Waals surface area contributed by atoms with Crippen LogP contribution in [0.4, 0.5) is 0 Å². The van der Waals surface area contributed by atoms with Crippen LogP contribution in [0.1, 0.15) is 16.0 Å². The average molecular weight is 453 g/mol. The second kappa shape index (κ2) is 6.56. The highest BCUT2D eigenvalue weighted by Gasteiger charge is 2.12. The highest BCUT2D eigenvalue weighted by Crippen LogP contribution is 2.34. The Labute approximate surface area is 137 Å². The molecule has 2 rings (SSSR count). The van der Waals surface area contributed by atoms with Crippen LogP contribution in [0.3, 0.4) is 0 Å². The molecule has 0 aliphatic rings. The van der Waals surface area contributed by atoms with E-state index in [1.807, 2.05) is 18.2 Å². The summed E-state index contributed by atoms with van der Waals surface area (Å²) in [5.74, 6) is 0. The molecule has 0 fully saturated rings. The van der Waals surface area contributed by atoms with Crippen LogP contribution in [0.2, 0.25) is 5.02 Å². The Balaban J connectivity index is 2.18. The molecule has 0 bridgehead atoms. The van der Waals surface area contributed by atoms with E-state index in [2.05, 4.69) is 72.1 Å². The zero-order valence-corrected chi connectivity index (χ0v) is 14.9. The van der Waals surface area contributed by atoms with Crippen molar-refractivity contribution in [2.75, 3.05) is 0 Å². The molecule has 0 nitrogen and oxygen atoms in total. The minimum atomic E-state index is 0.242. The zero-order chi connectivity index (χ0) is 13.1. The molecule has 94 valence electrons. The van der Waals surface area contributed by atoms with Gasteiger partial charge in [0.25, 0.3) is 0 Å². The van der Waals surface area contributed by atoms with E-state index in [0.29, 0.717) is 0 Å². The topological polar surface area (TPSA) is 0 Å². The van der Waals surface area contributed by atoms with Crippen molar-refractivity contribution in [1.29, 1.82) is 0 Å². The Kier molecular flexibility index (Phi) is 5.31. The Morgan fingerprint density at radius 3 is 2.33 bits per heavy atom. The van der Waals surface area contributed by atoms with E-state index >= 15 is 0 Å². The van der Waals surface area contributed by atoms with Crippen LogP contribution in [0, 0.1) is 0 Å². The fraction of sp³-hybridized carbons (Fsp3) is 0.143. The zero-order valence-electron chi connectivity index (χ0n) is 9.34. The largest absolute Gasteiger partial charge is 0.0843 e. The molecule has 0 aromatic heterocycles. The van der Waals surface area contributed by atoms with Crippen LogP contribution in [-0.2, 0) is 6.42 Å². The van der Waals surface area contributed by atoms with Crippen molar-refractivity contribution in [3.63, 3.8) is 0 Å². The van der Waals surface area contributed by atoms with Crippen LogP contribution in [0.15, 0.2) is 51.4 Å². The molecule has 1 atom stereocenters. The quantitative estimate of drug-likeness (QED) is 0.463. The van der Waals surface area contributed by atoms with Gasteiger partial charge in [-0.15, -0.1) is 0 Å². The second-order valence-corrected chi connectivity index (χ2v) is 7.28. The van der Waals surface area contributed by atoms with Gasteiger partial charge >= 0.3 is 0 Å². The van der Waals surface area contributed by atoms with Gasteiger partial charge in [-0.25, -0.2) is 0 Å². The second-order valence-electron chi connectivity index (χ2n) is 3.96. The van der Waals surface area contributed by atoms with E-state index in [1.165, 1.54) is 11.1 Å². The van der Waals surface area contributed by atoms with E-state index in [4.69, 9.17) is 11.6 Å². The monoisotopic (exact) mass is 450 g/mol. The third-order valence-corrected chi connectivity index (χ3v) is 4.93. The molecule has 0 N–H and O–H groups in total. The van der Waals surface area contributed by atoms with Gasteiger partial charge in [-0.2, -0.15) is 0 Å². The maximum Gasteiger partial charge on any atom is 0.0447 e. The number of alkyl halides is 1. The van der Waals surface area contributed by atoms with Crippen molar-refractivity contribution in [3.8, 4) is 0 Å². The molecule has 1 unspecified atom stereocenters. The standard InChI is InChI=1S/C14H10Br3Cl/c15-10-3-1-9(2-4-10)7-14(17)12-8-11(18)5-6-13(12)16/h1-6,8,14H,7H2. The van der Waals surface area contributed by atoms with E-state index in [1.54, 1.807) is 0 Å². The first kappa shape index (κ1) is 14.6. The van der Waals surface area contributed by atoms with E-state index in [9.17, 15) is 0 Å². The lowest BCUT2D eigenvalue weighted by molar-refractivity contribution is 0.943. The molecular weight excluding hydrogens is 443 g/mol. The van der Waals surface area contributed by atoms with Gasteiger partial charge in [-0.05, 0) is 47.9 Å². The molecule has 0 radical (unpaired) electrons. The normalized spacial score (nSPS) is 12.4. The highest BCUT2D eigenvalue weighted by molar-refractivity contribution is 9.11. The Morgan fingerprint density at radius 2 is 1.67 bits per heavy atom. The first-order chi connectivity index (χ1) is 8.56. The maximum atomic E-state index is 6.04. The summed E-state index contributed by atoms with van der Waals surface area (Å²) in [7, 11) is 0. The molecule has 0 aliphatic heterocycles. The molecule has 0 aliphatic carbocycles. The number of hydrogen-bond donors (Lipinski definition) is 0. The molecule has 0 spiro atoms. The molecular formula is C14H10Br3Cl.